The molecule has 3 aliphatic rings. The summed E-state index contributed by atoms with van der Waals surface area (Å²) < 4.78 is 0. The third-order valence-corrected chi connectivity index (χ3v) is 9.29. The number of benzene rings is 2. The molecule has 3 atom stereocenters. The van der Waals surface area contributed by atoms with E-state index in [1.807, 2.05) is 11.8 Å². The molecule has 0 aromatic heterocycles. The molecule has 0 spiro atoms. The van der Waals surface area contributed by atoms with Crippen molar-refractivity contribution in [2.24, 2.45) is 11.8 Å². The summed E-state index contributed by atoms with van der Waals surface area (Å²) in [6.07, 6.45) is 5.83. The minimum absolute atomic E-state index is 0.226. The predicted octanol–water partition coefficient (Wildman–Crippen LogP) is 5.31. The SMILES string of the molecule is CN(C(=O)CCN1CCN(c2ccccc2)CC1)[C@H]1c2ccccc2SC[C@@H]2CCCC[C@H]21. The van der Waals surface area contributed by atoms with Gasteiger partial charge >= 0.3 is 0 Å². The zero-order valence-electron chi connectivity index (χ0n) is 19.9. The summed E-state index contributed by atoms with van der Waals surface area (Å²) >= 11 is 2.01. The first-order valence-corrected chi connectivity index (χ1v) is 13.7. The van der Waals surface area contributed by atoms with E-state index in [1.54, 1.807) is 0 Å². The molecule has 33 heavy (non-hydrogen) atoms. The van der Waals surface area contributed by atoms with E-state index in [4.69, 9.17) is 0 Å². The number of carbonyl (C=O) groups is 1. The molecule has 2 aromatic rings. The standard InChI is InChI=1S/C28H37N3OS/c1-29(27(32)15-16-30-17-19-31(20-18-30)23-10-3-2-4-11-23)28-24-12-6-5-9-22(24)21-33-26-14-8-7-13-25(26)28/h2-4,7-8,10-11,13-14,22,24,28H,5-6,9,12,15-21H2,1H3/t22-,24+,28+/m0/s1. The number of para-hydroxylation sites is 1. The molecule has 1 saturated heterocycles. The molecule has 1 aliphatic carbocycles. The number of carbonyl (C=O) groups excluding carboxylic acids is 1. The molecule has 4 nitrogen and oxygen atoms in total. The maximum absolute atomic E-state index is 13.4. The lowest BCUT2D eigenvalue weighted by Crippen LogP contribution is -2.47. The van der Waals surface area contributed by atoms with E-state index in [0.717, 1.165) is 38.6 Å². The van der Waals surface area contributed by atoms with Gasteiger partial charge in [-0.05, 0) is 48.4 Å². The second kappa shape index (κ2) is 10.5. The molecule has 2 heterocycles. The first-order valence-electron chi connectivity index (χ1n) is 12.7. The van der Waals surface area contributed by atoms with Gasteiger partial charge in [0.05, 0.1) is 6.04 Å². The van der Waals surface area contributed by atoms with Crippen LogP contribution in [0.2, 0.25) is 0 Å². The average Bonchev–Trinajstić information content (AvgIpc) is 3.04. The maximum atomic E-state index is 13.4. The first kappa shape index (κ1) is 22.8. The maximum Gasteiger partial charge on any atom is 0.224 e. The van der Waals surface area contributed by atoms with Crippen LogP contribution in [0.25, 0.3) is 0 Å². The Morgan fingerprint density at radius 2 is 1.70 bits per heavy atom. The fourth-order valence-electron chi connectivity index (χ4n) is 6.09. The second-order valence-corrected chi connectivity index (χ2v) is 11.0. The van der Waals surface area contributed by atoms with E-state index in [2.05, 4.69) is 76.3 Å². The lowest BCUT2D eigenvalue weighted by atomic mass is 9.74. The van der Waals surface area contributed by atoms with Crippen molar-refractivity contribution < 1.29 is 4.79 Å². The van der Waals surface area contributed by atoms with Crippen LogP contribution in [0.15, 0.2) is 59.5 Å². The smallest absolute Gasteiger partial charge is 0.224 e. The fraction of sp³-hybridized carbons (Fsp3) is 0.536. The number of amides is 1. The Morgan fingerprint density at radius 3 is 2.52 bits per heavy atom. The molecule has 0 unspecified atom stereocenters. The van der Waals surface area contributed by atoms with E-state index in [1.165, 1.54) is 47.6 Å². The van der Waals surface area contributed by atoms with Crippen molar-refractivity contribution in [3.05, 3.63) is 60.2 Å². The van der Waals surface area contributed by atoms with E-state index < -0.39 is 0 Å². The molecule has 5 rings (SSSR count). The van der Waals surface area contributed by atoms with Crippen molar-refractivity contribution in [2.75, 3.05) is 50.4 Å². The molecule has 176 valence electrons. The summed E-state index contributed by atoms with van der Waals surface area (Å²) in [6.45, 7) is 4.98. The Kier molecular flexibility index (Phi) is 7.27. The molecule has 0 bridgehead atoms. The van der Waals surface area contributed by atoms with Gasteiger partial charge in [0.15, 0.2) is 0 Å². The van der Waals surface area contributed by atoms with Crippen LogP contribution in [0.4, 0.5) is 5.69 Å². The monoisotopic (exact) mass is 463 g/mol. The number of nitrogens with zero attached hydrogens (tertiary/aromatic N) is 3. The number of anilines is 1. The van der Waals surface area contributed by atoms with Crippen molar-refractivity contribution in [1.29, 1.82) is 0 Å². The van der Waals surface area contributed by atoms with Gasteiger partial charge in [0.25, 0.3) is 0 Å². The van der Waals surface area contributed by atoms with Crippen LogP contribution in [0.3, 0.4) is 0 Å². The van der Waals surface area contributed by atoms with Gasteiger partial charge in [0.1, 0.15) is 0 Å². The van der Waals surface area contributed by atoms with Crippen LogP contribution in [0.1, 0.15) is 43.7 Å². The highest BCUT2D eigenvalue weighted by Crippen LogP contribution is 2.48. The van der Waals surface area contributed by atoms with Crippen LogP contribution < -0.4 is 4.90 Å². The lowest BCUT2D eigenvalue weighted by molar-refractivity contribution is -0.134. The molecule has 1 saturated carbocycles. The quantitative estimate of drug-likeness (QED) is 0.600. The van der Waals surface area contributed by atoms with Gasteiger partial charge in [-0.15, -0.1) is 11.8 Å². The van der Waals surface area contributed by atoms with Gasteiger partial charge in [-0.25, -0.2) is 0 Å². The second-order valence-electron chi connectivity index (χ2n) is 9.92. The Hall–Kier alpha value is -1.98. The summed E-state index contributed by atoms with van der Waals surface area (Å²) in [5.74, 6) is 2.82. The number of piperazine rings is 1. The molecular weight excluding hydrogens is 426 g/mol. The zero-order valence-corrected chi connectivity index (χ0v) is 20.7. The Morgan fingerprint density at radius 1 is 0.970 bits per heavy atom. The van der Waals surface area contributed by atoms with Gasteiger partial charge < -0.3 is 9.80 Å². The fourth-order valence-corrected chi connectivity index (χ4v) is 7.43. The lowest BCUT2D eigenvalue weighted by Gasteiger charge is -2.41. The predicted molar refractivity (Wildman–Crippen MR) is 138 cm³/mol. The topological polar surface area (TPSA) is 26.8 Å². The van der Waals surface area contributed by atoms with Gasteiger partial charge in [-0.2, -0.15) is 0 Å². The van der Waals surface area contributed by atoms with E-state index in [0.29, 0.717) is 18.2 Å². The van der Waals surface area contributed by atoms with Gasteiger partial charge in [-0.1, -0.05) is 49.2 Å². The van der Waals surface area contributed by atoms with Gasteiger partial charge in [0.2, 0.25) is 5.91 Å². The van der Waals surface area contributed by atoms with Crippen LogP contribution in [-0.4, -0.2) is 61.2 Å². The molecule has 2 fully saturated rings. The molecule has 5 heteroatoms. The summed E-state index contributed by atoms with van der Waals surface area (Å²) in [5.41, 5.74) is 2.68. The van der Waals surface area contributed by atoms with E-state index in [-0.39, 0.29) is 6.04 Å². The van der Waals surface area contributed by atoms with Gasteiger partial charge in [0, 0.05) is 62.5 Å². The molecule has 1 amide bonds. The van der Waals surface area contributed by atoms with Crippen molar-refractivity contribution in [2.45, 2.75) is 43.0 Å². The highest BCUT2D eigenvalue weighted by atomic mass is 32.2. The first-order chi connectivity index (χ1) is 16.2. The van der Waals surface area contributed by atoms with Crippen molar-refractivity contribution in [3.8, 4) is 0 Å². The third kappa shape index (κ3) is 5.09. The van der Waals surface area contributed by atoms with Crippen LogP contribution in [0.5, 0.6) is 0 Å². The Bertz CT molecular complexity index is 928. The normalized spacial score (nSPS) is 25.6. The third-order valence-electron chi connectivity index (χ3n) is 8.01. The van der Waals surface area contributed by atoms with Crippen LogP contribution in [0, 0.1) is 11.8 Å². The van der Waals surface area contributed by atoms with Crippen molar-refractivity contribution in [3.63, 3.8) is 0 Å². The minimum atomic E-state index is 0.226. The number of thioether (sulfide) groups is 1. The number of hydrogen-bond acceptors (Lipinski definition) is 4. The van der Waals surface area contributed by atoms with Crippen molar-refractivity contribution >= 4 is 23.4 Å². The average molecular weight is 464 g/mol. The number of hydrogen-bond donors (Lipinski definition) is 0. The molecular formula is C28H37N3OS. The summed E-state index contributed by atoms with van der Waals surface area (Å²) in [5, 5.41) is 0. The summed E-state index contributed by atoms with van der Waals surface area (Å²) in [7, 11) is 2.07. The minimum Gasteiger partial charge on any atom is -0.369 e. The van der Waals surface area contributed by atoms with Gasteiger partial charge in [-0.3, -0.25) is 9.69 Å². The summed E-state index contributed by atoms with van der Waals surface area (Å²) in [6, 6.07) is 19.7. The van der Waals surface area contributed by atoms with E-state index >= 15 is 0 Å². The van der Waals surface area contributed by atoms with Crippen molar-refractivity contribution in [1.82, 2.24) is 9.80 Å². The highest BCUT2D eigenvalue weighted by Gasteiger charge is 2.39. The number of rotatable bonds is 5. The van der Waals surface area contributed by atoms with E-state index in [9.17, 15) is 4.79 Å². The molecule has 0 radical (unpaired) electrons. The highest BCUT2D eigenvalue weighted by molar-refractivity contribution is 7.99. The zero-order chi connectivity index (χ0) is 22.6. The molecule has 0 N–H and O–H groups in total. The summed E-state index contributed by atoms with van der Waals surface area (Å²) in [4.78, 5) is 21.9. The Balaban J connectivity index is 1.21. The number of fused-ring (bicyclic) bond motifs is 2. The molecule has 2 aliphatic heterocycles. The largest absolute Gasteiger partial charge is 0.369 e. The van der Waals surface area contributed by atoms with Crippen LogP contribution >= 0.6 is 11.8 Å². The Labute approximate surface area is 203 Å². The molecule has 2 aromatic carbocycles. The van der Waals surface area contributed by atoms with Crippen LogP contribution in [-0.2, 0) is 4.79 Å².